The normalized spacial score (nSPS) is 11.1. The second-order valence-corrected chi connectivity index (χ2v) is 4.67. The molecule has 0 aliphatic heterocycles. The van der Waals surface area contributed by atoms with Crippen molar-refractivity contribution >= 4 is 16.9 Å². The minimum absolute atomic E-state index is 0.405. The molecule has 0 spiro atoms. The standard InChI is InChI=1S/C14H15N5/c1-8-4-5-11-14(9(8)2)17-10(3)19(11)13-7-16-6-12(15)18-13/h4-7H,1-3H3,(H2,15,18). The molecule has 3 aromatic rings. The van der Waals surface area contributed by atoms with Crippen LogP contribution in [0.15, 0.2) is 24.5 Å². The van der Waals surface area contributed by atoms with Crippen LogP contribution in [0, 0.1) is 20.8 Å². The molecule has 19 heavy (non-hydrogen) atoms. The summed E-state index contributed by atoms with van der Waals surface area (Å²) in [5.41, 5.74) is 10.2. The Hall–Kier alpha value is -2.43. The summed E-state index contributed by atoms with van der Waals surface area (Å²) in [6.45, 7) is 6.13. The van der Waals surface area contributed by atoms with Crippen molar-refractivity contribution in [1.82, 2.24) is 19.5 Å². The fraction of sp³-hybridized carbons (Fsp3) is 0.214. The molecule has 3 rings (SSSR count). The fourth-order valence-corrected chi connectivity index (χ4v) is 2.26. The number of anilines is 1. The van der Waals surface area contributed by atoms with Crippen molar-refractivity contribution in [3.05, 3.63) is 41.5 Å². The summed E-state index contributed by atoms with van der Waals surface area (Å²) in [4.78, 5) is 13.0. The van der Waals surface area contributed by atoms with Crippen molar-refractivity contribution < 1.29 is 0 Å². The number of benzene rings is 1. The molecule has 0 unspecified atom stereocenters. The molecule has 0 fully saturated rings. The number of aryl methyl sites for hydroxylation is 3. The predicted molar refractivity (Wildman–Crippen MR) is 75.3 cm³/mol. The van der Waals surface area contributed by atoms with Gasteiger partial charge in [-0.3, -0.25) is 9.55 Å². The number of aromatic nitrogens is 4. The molecule has 0 atom stereocenters. The lowest BCUT2D eigenvalue weighted by Crippen LogP contribution is -2.03. The van der Waals surface area contributed by atoms with Crippen LogP contribution in [0.4, 0.5) is 5.82 Å². The molecular weight excluding hydrogens is 238 g/mol. The van der Waals surface area contributed by atoms with Crippen molar-refractivity contribution in [2.24, 2.45) is 0 Å². The lowest BCUT2D eigenvalue weighted by molar-refractivity contribution is 0.945. The second-order valence-electron chi connectivity index (χ2n) is 4.67. The first-order valence-electron chi connectivity index (χ1n) is 6.11. The number of fused-ring (bicyclic) bond motifs is 1. The van der Waals surface area contributed by atoms with E-state index in [-0.39, 0.29) is 0 Å². The Morgan fingerprint density at radius 1 is 1.05 bits per heavy atom. The van der Waals surface area contributed by atoms with E-state index in [1.807, 2.05) is 11.5 Å². The van der Waals surface area contributed by atoms with Crippen LogP contribution in [0.2, 0.25) is 0 Å². The minimum Gasteiger partial charge on any atom is -0.382 e. The van der Waals surface area contributed by atoms with Crippen LogP contribution in [-0.4, -0.2) is 19.5 Å². The summed E-state index contributed by atoms with van der Waals surface area (Å²) in [7, 11) is 0. The van der Waals surface area contributed by atoms with Gasteiger partial charge in [0, 0.05) is 0 Å². The Labute approximate surface area is 111 Å². The van der Waals surface area contributed by atoms with E-state index < -0.39 is 0 Å². The third kappa shape index (κ3) is 1.74. The molecule has 0 aliphatic carbocycles. The smallest absolute Gasteiger partial charge is 0.159 e. The van der Waals surface area contributed by atoms with Gasteiger partial charge >= 0.3 is 0 Å². The lowest BCUT2D eigenvalue weighted by Gasteiger charge is -2.06. The highest BCUT2D eigenvalue weighted by Gasteiger charge is 2.13. The van der Waals surface area contributed by atoms with Gasteiger partial charge in [-0.2, -0.15) is 0 Å². The van der Waals surface area contributed by atoms with Gasteiger partial charge in [0.1, 0.15) is 11.6 Å². The largest absolute Gasteiger partial charge is 0.382 e. The molecule has 0 saturated heterocycles. The molecule has 5 nitrogen and oxygen atoms in total. The van der Waals surface area contributed by atoms with Gasteiger partial charge in [-0.05, 0) is 38.0 Å². The molecule has 0 bridgehead atoms. The number of imidazole rings is 1. The van der Waals surface area contributed by atoms with E-state index >= 15 is 0 Å². The summed E-state index contributed by atoms with van der Waals surface area (Å²) in [5.74, 6) is 1.98. The van der Waals surface area contributed by atoms with E-state index in [9.17, 15) is 0 Å². The number of rotatable bonds is 1. The summed E-state index contributed by atoms with van der Waals surface area (Å²) < 4.78 is 1.98. The van der Waals surface area contributed by atoms with Gasteiger partial charge < -0.3 is 5.73 Å². The highest BCUT2D eigenvalue weighted by Crippen LogP contribution is 2.24. The Morgan fingerprint density at radius 3 is 2.58 bits per heavy atom. The Bertz CT molecular complexity index is 773. The first kappa shape index (κ1) is 11.6. The highest BCUT2D eigenvalue weighted by molar-refractivity contribution is 5.82. The third-order valence-corrected chi connectivity index (χ3v) is 3.39. The van der Waals surface area contributed by atoms with Crippen molar-refractivity contribution in [3.63, 3.8) is 0 Å². The summed E-state index contributed by atoms with van der Waals surface area (Å²) >= 11 is 0. The number of nitrogens with zero attached hydrogens (tertiary/aromatic N) is 4. The van der Waals surface area contributed by atoms with Gasteiger partial charge in [0.05, 0.1) is 23.4 Å². The average Bonchev–Trinajstić information content (AvgIpc) is 2.71. The van der Waals surface area contributed by atoms with Crippen molar-refractivity contribution in [1.29, 1.82) is 0 Å². The van der Waals surface area contributed by atoms with Crippen LogP contribution >= 0.6 is 0 Å². The van der Waals surface area contributed by atoms with Crippen LogP contribution in [0.1, 0.15) is 17.0 Å². The zero-order valence-electron chi connectivity index (χ0n) is 11.2. The molecular formula is C14H15N5. The minimum atomic E-state index is 0.405. The van der Waals surface area contributed by atoms with Crippen molar-refractivity contribution in [2.75, 3.05) is 5.73 Å². The van der Waals surface area contributed by atoms with Crippen LogP contribution in [-0.2, 0) is 0 Å². The van der Waals surface area contributed by atoms with Gasteiger partial charge in [0.25, 0.3) is 0 Å². The Balaban J connectivity index is 2.36. The molecule has 96 valence electrons. The molecule has 0 amide bonds. The predicted octanol–water partition coefficient (Wildman–Crippen LogP) is 2.32. The number of nitrogens with two attached hydrogens (primary N) is 1. The molecule has 0 saturated carbocycles. The van der Waals surface area contributed by atoms with E-state index in [1.54, 1.807) is 6.20 Å². The number of hydrogen-bond acceptors (Lipinski definition) is 4. The highest BCUT2D eigenvalue weighted by atomic mass is 15.2. The van der Waals surface area contributed by atoms with Crippen LogP contribution in [0.5, 0.6) is 0 Å². The molecule has 0 radical (unpaired) electrons. The number of hydrogen-bond donors (Lipinski definition) is 1. The van der Waals surface area contributed by atoms with Crippen molar-refractivity contribution in [2.45, 2.75) is 20.8 Å². The van der Waals surface area contributed by atoms with Crippen LogP contribution in [0.25, 0.3) is 16.9 Å². The topological polar surface area (TPSA) is 69.6 Å². The third-order valence-electron chi connectivity index (χ3n) is 3.39. The molecule has 0 aliphatic rings. The fourth-order valence-electron chi connectivity index (χ4n) is 2.26. The monoisotopic (exact) mass is 253 g/mol. The molecule has 2 aromatic heterocycles. The van der Waals surface area contributed by atoms with E-state index in [4.69, 9.17) is 5.73 Å². The van der Waals surface area contributed by atoms with Gasteiger partial charge in [-0.15, -0.1) is 0 Å². The van der Waals surface area contributed by atoms with Crippen LogP contribution in [0.3, 0.4) is 0 Å². The molecule has 5 heteroatoms. The van der Waals surface area contributed by atoms with Crippen LogP contribution < -0.4 is 5.73 Å². The maximum atomic E-state index is 5.71. The van der Waals surface area contributed by atoms with Crippen molar-refractivity contribution in [3.8, 4) is 5.82 Å². The summed E-state index contributed by atoms with van der Waals surface area (Å²) in [6, 6.07) is 4.15. The maximum absolute atomic E-state index is 5.71. The van der Waals surface area contributed by atoms with Gasteiger partial charge in [0.2, 0.25) is 0 Å². The molecule has 2 heterocycles. The van der Waals surface area contributed by atoms with E-state index in [0.717, 1.165) is 16.9 Å². The second kappa shape index (κ2) is 4.05. The van der Waals surface area contributed by atoms with E-state index in [2.05, 4.69) is 40.9 Å². The Kier molecular flexibility index (Phi) is 2.48. The SMILES string of the molecule is Cc1ccc2c(nc(C)n2-c2cncc(N)n2)c1C. The summed E-state index contributed by atoms with van der Waals surface area (Å²) in [5, 5.41) is 0. The average molecular weight is 253 g/mol. The molecule has 2 N–H and O–H groups in total. The maximum Gasteiger partial charge on any atom is 0.159 e. The van der Waals surface area contributed by atoms with Gasteiger partial charge in [0.15, 0.2) is 5.82 Å². The zero-order valence-corrected chi connectivity index (χ0v) is 11.2. The summed E-state index contributed by atoms with van der Waals surface area (Å²) in [6.07, 6.45) is 3.23. The quantitative estimate of drug-likeness (QED) is 0.722. The molecule has 1 aromatic carbocycles. The first-order valence-corrected chi connectivity index (χ1v) is 6.11. The van der Waals surface area contributed by atoms with Gasteiger partial charge in [-0.1, -0.05) is 6.07 Å². The lowest BCUT2D eigenvalue weighted by atomic mass is 10.1. The van der Waals surface area contributed by atoms with Gasteiger partial charge in [-0.25, -0.2) is 9.97 Å². The van der Waals surface area contributed by atoms with E-state index in [0.29, 0.717) is 11.6 Å². The zero-order chi connectivity index (χ0) is 13.6. The number of nitrogen functional groups attached to an aromatic ring is 1. The van der Waals surface area contributed by atoms with E-state index in [1.165, 1.54) is 17.3 Å². The Morgan fingerprint density at radius 2 is 1.84 bits per heavy atom. The first-order chi connectivity index (χ1) is 9.08.